The van der Waals surface area contributed by atoms with Gasteiger partial charge in [-0.05, 0) is 30.3 Å². The van der Waals surface area contributed by atoms with Crippen LogP contribution in [0.2, 0.25) is 0 Å². The Hall–Kier alpha value is -2.31. The smallest absolute Gasteiger partial charge is 0.123 e. The van der Waals surface area contributed by atoms with E-state index in [-0.39, 0.29) is 12.4 Å². The fraction of sp³-hybridized carbons (Fsp3) is 0.176. The Bertz CT molecular complexity index is 609. The molecule has 0 heterocycles. The summed E-state index contributed by atoms with van der Waals surface area (Å²) in [5, 5.41) is 8.73. The number of aliphatic hydroxyl groups excluding tert-OH is 1. The first-order valence-corrected chi connectivity index (χ1v) is 6.35. The normalized spacial score (nSPS) is 9.70. The molecule has 0 bridgehead atoms. The highest BCUT2D eigenvalue weighted by Crippen LogP contribution is 2.15. The second-order valence-electron chi connectivity index (χ2n) is 4.18. The van der Waals surface area contributed by atoms with E-state index in [4.69, 9.17) is 9.84 Å². The minimum Gasteiger partial charge on any atom is -0.489 e. The zero-order valence-corrected chi connectivity index (χ0v) is 11.0. The summed E-state index contributed by atoms with van der Waals surface area (Å²) in [5.41, 5.74) is 1.84. The number of hydrogen-bond acceptors (Lipinski definition) is 2. The maximum atomic E-state index is 12.8. The fourth-order valence-corrected chi connectivity index (χ4v) is 1.67. The Morgan fingerprint density at radius 2 is 1.80 bits per heavy atom. The van der Waals surface area contributed by atoms with Crippen LogP contribution in [0, 0.1) is 17.7 Å². The van der Waals surface area contributed by atoms with Crippen molar-refractivity contribution in [2.45, 2.75) is 13.0 Å². The minimum absolute atomic E-state index is 0.0568. The summed E-state index contributed by atoms with van der Waals surface area (Å²) in [7, 11) is 0. The van der Waals surface area contributed by atoms with Gasteiger partial charge >= 0.3 is 0 Å². The molecule has 0 amide bonds. The number of rotatable bonds is 4. The van der Waals surface area contributed by atoms with Crippen molar-refractivity contribution in [3.05, 3.63) is 65.5 Å². The number of ether oxygens (including phenoxy) is 1. The molecule has 2 nitrogen and oxygen atoms in total. The summed E-state index contributed by atoms with van der Waals surface area (Å²) in [5.74, 6) is 6.23. The molecule has 2 rings (SSSR count). The van der Waals surface area contributed by atoms with Gasteiger partial charge in [-0.15, -0.1) is 0 Å². The quantitative estimate of drug-likeness (QED) is 0.865. The summed E-state index contributed by atoms with van der Waals surface area (Å²) in [6.07, 6.45) is 0.452. The fourth-order valence-electron chi connectivity index (χ4n) is 1.67. The lowest BCUT2D eigenvalue weighted by molar-refractivity contribution is 0.305. The maximum absolute atomic E-state index is 12.8. The van der Waals surface area contributed by atoms with E-state index in [1.165, 1.54) is 12.1 Å². The van der Waals surface area contributed by atoms with Crippen molar-refractivity contribution >= 4 is 0 Å². The van der Waals surface area contributed by atoms with Gasteiger partial charge in [-0.3, -0.25) is 0 Å². The third kappa shape index (κ3) is 4.11. The minimum atomic E-state index is -0.285. The van der Waals surface area contributed by atoms with Crippen LogP contribution in [0.4, 0.5) is 4.39 Å². The van der Waals surface area contributed by atoms with E-state index in [1.807, 2.05) is 24.3 Å². The van der Waals surface area contributed by atoms with Crippen LogP contribution >= 0.6 is 0 Å². The number of halogens is 1. The van der Waals surface area contributed by atoms with Gasteiger partial charge in [0, 0.05) is 17.5 Å². The Morgan fingerprint density at radius 1 is 1.05 bits per heavy atom. The van der Waals surface area contributed by atoms with Crippen LogP contribution in [0.15, 0.2) is 48.5 Å². The summed E-state index contributed by atoms with van der Waals surface area (Å²) < 4.78 is 18.4. The molecule has 0 aromatic heterocycles. The topological polar surface area (TPSA) is 29.5 Å². The monoisotopic (exact) mass is 270 g/mol. The first kappa shape index (κ1) is 14.1. The lowest BCUT2D eigenvalue weighted by Crippen LogP contribution is -1.98. The maximum Gasteiger partial charge on any atom is 0.123 e. The lowest BCUT2D eigenvalue weighted by Gasteiger charge is -2.07. The molecule has 0 aliphatic carbocycles. The van der Waals surface area contributed by atoms with Gasteiger partial charge in [0.05, 0.1) is 6.61 Å². The lowest BCUT2D eigenvalue weighted by atomic mass is 10.1. The van der Waals surface area contributed by atoms with Gasteiger partial charge in [-0.1, -0.05) is 30.0 Å². The highest BCUT2D eigenvalue weighted by atomic mass is 19.1. The SMILES string of the molecule is OCCC#Cc1ccccc1COc1ccc(F)cc1. The van der Waals surface area contributed by atoms with Crippen molar-refractivity contribution in [3.63, 3.8) is 0 Å². The van der Waals surface area contributed by atoms with Crippen LogP contribution < -0.4 is 4.74 Å². The van der Waals surface area contributed by atoms with Crippen LogP contribution in [0.3, 0.4) is 0 Å². The van der Waals surface area contributed by atoms with E-state index in [0.717, 1.165) is 11.1 Å². The standard InChI is InChI=1S/C17H15FO2/c18-16-8-10-17(11-9-16)20-13-15-7-2-1-5-14(15)6-3-4-12-19/h1-2,5,7-11,19H,4,12-13H2. The predicted molar refractivity (Wildman–Crippen MR) is 75.8 cm³/mol. The average Bonchev–Trinajstić information content (AvgIpc) is 2.48. The van der Waals surface area contributed by atoms with Crippen molar-refractivity contribution in [1.82, 2.24) is 0 Å². The van der Waals surface area contributed by atoms with E-state index in [9.17, 15) is 4.39 Å². The summed E-state index contributed by atoms with van der Waals surface area (Å²) in [4.78, 5) is 0. The van der Waals surface area contributed by atoms with Crippen molar-refractivity contribution in [3.8, 4) is 17.6 Å². The molecular weight excluding hydrogens is 255 g/mol. The summed E-state index contributed by atoms with van der Waals surface area (Å²) >= 11 is 0. The van der Waals surface area contributed by atoms with E-state index in [2.05, 4.69) is 11.8 Å². The molecule has 0 unspecified atom stereocenters. The molecule has 102 valence electrons. The van der Waals surface area contributed by atoms with Crippen molar-refractivity contribution in [2.24, 2.45) is 0 Å². The first-order valence-electron chi connectivity index (χ1n) is 6.35. The molecular formula is C17H15FO2. The summed E-state index contributed by atoms with van der Waals surface area (Å²) in [6, 6.07) is 13.6. The largest absolute Gasteiger partial charge is 0.489 e. The third-order valence-electron chi connectivity index (χ3n) is 2.69. The van der Waals surface area contributed by atoms with E-state index in [0.29, 0.717) is 18.8 Å². The molecule has 1 N–H and O–H groups in total. The van der Waals surface area contributed by atoms with Gasteiger partial charge in [0.1, 0.15) is 18.2 Å². The molecule has 0 saturated carbocycles. The Morgan fingerprint density at radius 3 is 2.55 bits per heavy atom. The number of benzene rings is 2. The number of hydrogen-bond donors (Lipinski definition) is 1. The van der Waals surface area contributed by atoms with Gasteiger partial charge in [0.25, 0.3) is 0 Å². The molecule has 2 aromatic rings. The van der Waals surface area contributed by atoms with Gasteiger partial charge in [-0.25, -0.2) is 4.39 Å². The highest BCUT2D eigenvalue weighted by molar-refractivity contribution is 5.41. The van der Waals surface area contributed by atoms with E-state index in [1.54, 1.807) is 12.1 Å². The molecule has 0 aliphatic rings. The second kappa shape index (κ2) is 7.32. The Balaban J connectivity index is 2.06. The van der Waals surface area contributed by atoms with Crippen LogP contribution in [-0.2, 0) is 6.61 Å². The molecule has 20 heavy (non-hydrogen) atoms. The van der Waals surface area contributed by atoms with Crippen molar-refractivity contribution in [2.75, 3.05) is 6.61 Å². The molecule has 0 spiro atoms. The van der Waals surface area contributed by atoms with Crippen molar-refractivity contribution in [1.29, 1.82) is 0 Å². The predicted octanol–water partition coefficient (Wildman–Crippen LogP) is 3.14. The molecule has 0 atom stereocenters. The van der Waals surface area contributed by atoms with Crippen LogP contribution in [0.25, 0.3) is 0 Å². The third-order valence-corrected chi connectivity index (χ3v) is 2.69. The van der Waals surface area contributed by atoms with Gasteiger partial charge in [-0.2, -0.15) is 0 Å². The molecule has 0 radical (unpaired) electrons. The van der Waals surface area contributed by atoms with Crippen LogP contribution in [0.1, 0.15) is 17.5 Å². The molecule has 0 fully saturated rings. The highest BCUT2D eigenvalue weighted by Gasteiger charge is 2.01. The van der Waals surface area contributed by atoms with E-state index < -0.39 is 0 Å². The Labute approximate surface area is 117 Å². The number of aliphatic hydroxyl groups is 1. The van der Waals surface area contributed by atoms with E-state index >= 15 is 0 Å². The van der Waals surface area contributed by atoms with Crippen LogP contribution in [0.5, 0.6) is 5.75 Å². The molecule has 3 heteroatoms. The summed E-state index contributed by atoms with van der Waals surface area (Å²) in [6.45, 7) is 0.427. The van der Waals surface area contributed by atoms with Crippen molar-refractivity contribution < 1.29 is 14.2 Å². The van der Waals surface area contributed by atoms with Gasteiger partial charge in [0.2, 0.25) is 0 Å². The zero-order chi connectivity index (χ0) is 14.2. The average molecular weight is 270 g/mol. The second-order valence-corrected chi connectivity index (χ2v) is 4.18. The zero-order valence-electron chi connectivity index (χ0n) is 11.0. The van der Waals surface area contributed by atoms with Gasteiger partial charge < -0.3 is 9.84 Å². The molecule has 2 aromatic carbocycles. The van der Waals surface area contributed by atoms with Crippen LogP contribution in [-0.4, -0.2) is 11.7 Å². The molecule has 0 saturated heterocycles. The molecule has 0 aliphatic heterocycles. The Kier molecular flexibility index (Phi) is 5.16. The van der Waals surface area contributed by atoms with Gasteiger partial charge in [0.15, 0.2) is 0 Å². The first-order chi connectivity index (χ1) is 9.79.